The lowest BCUT2D eigenvalue weighted by Gasteiger charge is -2.10. The summed E-state index contributed by atoms with van der Waals surface area (Å²) in [5.74, 6) is -1.33. The van der Waals surface area contributed by atoms with E-state index in [1.807, 2.05) is 6.92 Å². The fraction of sp³-hybridized carbons (Fsp3) is 0.0625. The predicted molar refractivity (Wildman–Crippen MR) is 87.7 cm³/mol. The number of halogens is 1. The molecule has 0 radical (unpaired) electrons. The van der Waals surface area contributed by atoms with Crippen LogP contribution in [-0.2, 0) is 10.0 Å². The monoisotopic (exact) mass is 349 g/mol. The van der Waals surface area contributed by atoms with Gasteiger partial charge in [0.2, 0.25) is 0 Å². The van der Waals surface area contributed by atoms with Gasteiger partial charge in [0, 0.05) is 10.4 Å². The zero-order chi connectivity index (χ0) is 16.8. The van der Waals surface area contributed by atoms with Crippen molar-refractivity contribution in [1.29, 1.82) is 0 Å². The van der Waals surface area contributed by atoms with Crippen LogP contribution in [0.25, 0.3) is 10.9 Å². The number of aryl methyl sites for hydroxylation is 1. The maximum absolute atomic E-state index is 12.9. The summed E-state index contributed by atoms with van der Waals surface area (Å²) in [5, 5.41) is 10.2. The Bertz CT molecular complexity index is 1020. The average Bonchev–Trinajstić information content (AvgIpc) is 2.87. The second-order valence-corrected chi connectivity index (χ2v) is 7.34. The molecule has 3 aromatic rings. The van der Waals surface area contributed by atoms with Crippen LogP contribution in [0.5, 0.6) is 0 Å². The normalized spacial score (nSPS) is 11.7. The molecule has 0 unspecified atom stereocenters. The smallest absolute Gasteiger partial charge is 0.353 e. The number of rotatable bonds is 3. The van der Waals surface area contributed by atoms with Gasteiger partial charge in [0.1, 0.15) is 5.69 Å². The number of hydrogen-bond acceptors (Lipinski definition) is 3. The van der Waals surface area contributed by atoms with E-state index in [2.05, 4.69) is 0 Å². The van der Waals surface area contributed by atoms with Crippen molar-refractivity contribution in [3.8, 4) is 0 Å². The number of hydrogen-bond donors (Lipinski definition) is 1. The fourth-order valence-corrected chi connectivity index (χ4v) is 4.04. The molecule has 0 aliphatic carbocycles. The summed E-state index contributed by atoms with van der Waals surface area (Å²) in [5.41, 5.74) is 0.807. The summed E-state index contributed by atoms with van der Waals surface area (Å²) in [7, 11) is -4.05. The van der Waals surface area contributed by atoms with Crippen molar-refractivity contribution in [2.75, 3.05) is 0 Å². The summed E-state index contributed by atoms with van der Waals surface area (Å²) in [6, 6.07) is 12.1. The number of aromatic nitrogens is 1. The van der Waals surface area contributed by atoms with Crippen LogP contribution < -0.4 is 0 Å². The Morgan fingerprint density at radius 3 is 2.35 bits per heavy atom. The number of carboxylic acid groups (broad SMARTS) is 1. The van der Waals surface area contributed by atoms with E-state index in [1.54, 1.807) is 24.3 Å². The Hall–Kier alpha value is -2.31. The Morgan fingerprint density at radius 2 is 1.74 bits per heavy atom. The quantitative estimate of drug-likeness (QED) is 0.784. The molecular formula is C16H12ClNO4S. The predicted octanol–water partition coefficient (Wildman–Crippen LogP) is 3.54. The molecule has 0 saturated carbocycles. The van der Waals surface area contributed by atoms with Crippen LogP contribution in [0.15, 0.2) is 53.4 Å². The van der Waals surface area contributed by atoms with Gasteiger partial charge in [0.25, 0.3) is 10.0 Å². The second kappa shape index (κ2) is 5.40. The van der Waals surface area contributed by atoms with Crippen LogP contribution in [0.2, 0.25) is 5.02 Å². The fourth-order valence-electron chi connectivity index (χ4n) is 2.37. The highest BCUT2D eigenvalue weighted by Crippen LogP contribution is 2.28. The number of benzene rings is 2. The number of carboxylic acids is 1. The molecule has 1 N–H and O–H groups in total. The summed E-state index contributed by atoms with van der Waals surface area (Å²) in [4.78, 5) is 11.5. The van der Waals surface area contributed by atoms with Gasteiger partial charge >= 0.3 is 5.97 Å². The van der Waals surface area contributed by atoms with Crippen molar-refractivity contribution >= 4 is 38.5 Å². The minimum Gasteiger partial charge on any atom is -0.477 e. The second-order valence-electron chi connectivity index (χ2n) is 5.12. The van der Waals surface area contributed by atoms with Crippen molar-refractivity contribution in [1.82, 2.24) is 3.97 Å². The van der Waals surface area contributed by atoms with Gasteiger partial charge in [0.05, 0.1) is 10.4 Å². The molecule has 0 spiro atoms. The first-order chi connectivity index (χ1) is 10.8. The van der Waals surface area contributed by atoms with Gasteiger partial charge in [-0.15, -0.1) is 0 Å². The van der Waals surface area contributed by atoms with Gasteiger partial charge in [-0.1, -0.05) is 35.4 Å². The highest BCUT2D eigenvalue weighted by Gasteiger charge is 2.26. The Balaban J connectivity index is 2.37. The molecule has 0 bridgehead atoms. The van der Waals surface area contributed by atoms with Crippen LogP contribution in [0.1, 0.15) is 16.1 Å². The van der Waals surface area contributed by atoms with E-state index < -0.39 is 16.0 Å². The van der Waals surface area contributed by atoms with Gasteiger partial charge in [0.15, 0.2) is 0 Å². The molecule has 7 heteroatoms. The Labute approximate surface area is 137 Å². The highest BCUT2D eigenvalue weighted by atomic mass is 35.5. The third-order valence-corrected chi connectivity index (χ3v) is 5.48. The van der Waals surface area contributed by atoms with E-state index in [1.165, 1.54) is 24.3 Å². The topological polar surface area (TPSA) is 76.4 Å². The molecule has 0 atom stereocenters. The molecule has 118 valence electrons. The summed E-state index contributed by atoms with van der Waals surface area (Å²) >= 11 is 5.94. The van der Waals surface area contributed by atoms with Gasteiger partial charge in [-0.2, -0.15) is 0 Å². The first kappa shape index (κ1) is 15.6. The van der Waals surface area contributed by atoms with E-state index in [-0.39, 0.29) is 16.1 Å². The Kier molecular flexibility index (Phi) is 3.66. The highest BCUT2D eigenvalue weighted by molar-refractivity contribution is 7.90. The Morgan fingerprint density at radius 1 is 1.09 bits per heavy atom. The van der Waals surface area contributed by atoms with Gasteiger partial charge < -0.3 is 5.11 Å². The molecule has 0 fully saturated rings. The van der Waals surface area contributed by atoms with Crippen LogP contribution in [0, 0.1) is 6.92 Å². The van der Waals surface area contributed by atoms with Crippen LogP contribution in [0.3, 0.4) is 0 Å². The molecule has 0 aliphatic heterocycles. The van der Waals surface area contributed by atoms with Gasteiger partial charge in [-0.3, -0.25) is 0 Å². The zero-order valence-electron chi connectivity index (χ0n) is 12.0. The molecule has 2 aromatic carbocycles. The molecule has 0 aliphatic rings. The van der Waals surface area contributed by atoms with Crippen molar-refractivity contribution in [3.05, 3.63) is 64.8 Å². The number of fused-ring (bicyclic) bond motifs is 1. The minimum atomic E-state index is -4.05. The van der Waals surface area contributed by atoms with Crippen LogP contribution in [0.4, 0.5) is 0 Å². The minimum absolute atomic E-state index is 0.0167. The molecule has 1 heterocycles. The van der Waals surface area contributed by atoms with E-state index in [0.29, 0.717) is 10.4 Å². The molecule has 23 heavy (non-hydrogen) atoms. The first-order valence-electron chi connectivity index (χ1n) is 6.67. The molecule has 0 saturated heterocycles. The standard InChI is InChI=1S/C16H12ClNO4S/c1-10-2-6-13(7-3-10)23(21,22)18-14-9-12(17)5-4-11(14)8-15(18)16(19)20/h2-9H,1H3,(H,19,20). The van der Waals surface area contributed by atoms with E-state index in [4.69, 9.17) is 11.6 Å². The number of nitrogens with zero attached hydrogens (tertiary/aromatic N) is 1. The lowest BCUT2D eigenvalue weighted by atomic mass is 10.2. The molecular weight excluding hydrogens is 338 g/mol. The summed E-state index contributed by atoms with van der Waals surface area (Å²) in [6.07, 6.45) is 0. The molecule has 5 nitrogen and oxygen atoms in total. The van der Waals surface area contributed by atoms with Gasteiger partial charge in [-0.05, 0) is 37.3 Å². The van der Waals surface area contributed by atoms with E-state index >= 15 is 0 Å². The maximum Gasteiger partial charge on any atom is 0.353 e. The van der Waals surface area contributed by atoms with E-state index in [0.717, 1.165) is 9.54 Å². The molecule has 1 aromatic heterocycles. The van der Waals surface area contributed by atoms with E-state index in [9.17, 15) is 18.3 Å². The largest absolute Gasteiger partial charge is 0.477 e. The van der Waals surface area contributed by atoms with Crippen molar-refractivity contribution < 1.29 is 18.3 Å². The lowest BCUT2D eigenvalue weighted by Crippen LogP contribution is -2.18. The van der Waals surface area contributed by atoms with Crippen molar-refractivity contribution in [2.24, 2.45) is 0 Å². The number of carbonyl (C=O) groups is 1. The van der Waals surface area contributed by atoms with Crippen LogP contribution in [-0.4, -0.2) is 23.5 Å². The number of aromatic carboxylic acids is 1. The third-order valence-electron chi connectivity index (χ3n) is 3.50. The SMILES string of the molecule is Cc1ccc(S(=O)(=O)n2c(C(=O)O)cc3ccc(Cl)cc32)cc1. The summed E-state index contributed by atoms with van der Waals surface area (Å²) < 4.78 is 26.6. The first-order valence-corrected chi connectivity index (χ1v) is 8.49. The van der Waals surface area contributed by atoms with Gasteiger partial charge in [-0.25, -0.2) is 17.2 Å². The van der Waals surface area contributed by atoms with Crippen LogP contribution >= 0.6 is 11.6 Å². The zero-order valence-corrected chi connectivity index (χ0v) is 13.6. The van der Waals surface area contributed by atoms with Crippen molar-refractivity contribution in [3.63, 3.8) is 0 Å². The molecule has 0 amide bonds. The summed E-state index contributed by atoms with van der Waals surface area (Å²) in [6.45, 7) is 1.84. The van der Waals surface area contributed by atoms with Crippen molar-refractivity contribution in [2.45, 2.75) is 11.8 Å². The third kappa shape index (κ3) is 2.60. The average molecular weight is 350 g/mol. The maximum atomic E-state index is 12.9. The molecule has 3 rings (SSSR count). The lowest BCUT2D eigenvalue weighted by molar-refractivity contribution is 0.0689.